The summed E-state index contributed by atoms with van der Waals surface area (Å²) in [6.45, 7) is 80.7. The molecular formula is C58H84. The van der Waals surface area contributed by atoms with Gasteiger partial charge in [-0.15, -0.1) is 0 Å². The Bertz CT molecular complexity index is 2650. The Morgan fingerprint density at radius 1 is 0.224 bits per heavy atom. The third kappa shape index (κ3) is 0.993. The van der Waals surface area contributed by atoms with Crippen molar-refractivity contribution in [3.05, 3.63) is 0 Å². The minimum atomic E-state index is 0.174. The van der Waals surface area contributed by atoms with Gasteiger partial charge in [0.05, 0.1) is 0 Å². The Kier molecular flexibility index (Phi) is 3.35. The molecule has 0 aliphatic heterocycles. The molecule has 17 saturated carbocycles. The summed E-state index contributed by atoms with van der Waals surface area (Å²) in [7, 11) is 0. The molecule has 0 N–H and O–H groups in total. The van der Waals surface area contributed by atoms with E-state index >= 15 is 0 Å². The summed E-state index contributed by atoms with van der Waals surface area (Å²) in [4.78, 5) is 0. The predicted molar refractivity (Wildman–Crippen MR) is 232 cm³/mol. The van der Waals surface area contributed by atoms with Gasteiger partial charge in [-0.25, -0.2) is 0 Å². The molecule has 316 valence electrons. The highest BCUT2D eigenvalue weighted by atomic mass is 15.6. The van der Waals surface area contributed by atoms with Gasteiger partial charge in [0.1, 0.15) is 0 Å². The fraction of sp³-hybridized carbons (Fsp3) is 1.00. The molecule has 17 aliphatic rings. The van der Waals surface area contributed by atoms with E-state index in [1.54, 1.807) is 0 Å². The van der Waals surface area contributed by atoms with Crippen LogP contribution >= 0.6 is 0 Å². The molecule has 0 heterocycles. The van der Waals surface area contributed by atoms with Crippen LogP contribution in [0.25, 0.3) is 0 Å². The highest BCUT2D eigenvalue weighted by molar-refractivity contribution is 5.98. The largest absolute Gasteiger partial charge is 0.0651 e. The van der Waals surface area contributed by atoms with Crippen LogP contribution in [-0.2, 0) is 0 Å². The minimum Gasteiger partial charge on any atom is -0.0651 e. The molecule has 17 fully saturated rings. The van der Waals surface area contributed by atoms with Gasteiger partial charge in [0, 0.05) is 0 Å². The Morgan fingerprint density at radius 2 is 0.466 bits per heavy atom. The molecule has 0 aromatic rings. The summed E-state index contributed by atoms with van der Waals surface area (Å²) in [5.41, 5.74) is 10.3. The van der Waals surface area contributed by atoms with Crippen molar-refractivity contribution >= 4 is 0 Å². The summed E-state index contributed by atoms with van der Waals surface area (Å²) in [6, 6.07) is 0. The molecule has 0 heteroatoms. The van der Waals surface area contributed by atoms with E-state index in [0.717, 1.165) is 5.92 Å². The van der Waals surface area contributed by atoms with Gasteiger partial charge in [0.2, 0.25) is 0 Å². The van der Waals surface area contributed by atoms with Crippen molar-refractivity contribution in [2.75, 3.05) is 0 Å². The average molecular weight is 781 g/mol. The molecule has 17 rings (SSSR count). The highest BCUT2D eigenvalue weighted by Gasteiger charge is 3.53. The SMILES string of the molecule is CCC(C)C1(C)C2(C)C3(C)C4(C)C(C)(C)C5(C)C(C)(C)C6(C)C7(C)C(C)(C)C8(C)C9(C)C%10(C)C(C)(C)C%11(C)C%12(C)C%13(C)C1(C)C21C3(C54C)C2(C)C%131C%121C%10%11C93C78C6(C)C231. The number of hydrogen-bond donors (Lipinski definition) is 0. The van der Waals surface area contributed by atoms with E-state index in [1.165, 1.54) is 6.42 Å². The molecule has 0 saturated heterocycles. The van der Waals surface area contributed by atoms with Crippen molar-refractivity contribution in [2.45, 2.75) is 193 Å². The maximum Gasteiger partial charge on any atom is -0.00113 e. The lowest BCUT2D eigenvalue weighted by Gasteiger charge is -3.52. The minimum absolute atomic E-state index is 0.174. The van der Waals surface area contributed by atoms with Crippen LogP contribution in [-0.4, -0.2) is 0 Å². The van der Waals surface area contributed by atoms with Crippen molar-refractivity contribution in [2.24, 2.45) is 163 Å². The van der Waals surface area contributed by atoms with E-state index in [-0.39, 0.29) is 27.1 Å². The lowest BCUT2D eigenvalue weighted by atomic mass is 8.50. The predicted octanol–water partition coefficient (Wildman–Crippen LogP) is 14.4. The number of fused-ring (bicyclic) bond motifs is 8. The average Bonchev–Trinajstić information content (AvgIpc) is 3.14. The summed E-state index contributed by atoms with van der Waals surface area (Å²) >= 11 is 0. The molecular weight excluding hydrogens is 697 g/mol. The topological polar surface area (TPSA) is 0 Å². The van der Waals surface area contributed by atoms with Gasteiger partial charge in [-0.3, -0.25) is 0 Å². The molecule has 0 aromatic heterocycles. The number of rotatable bonds is 2. The van der Waals surface area contributed by atoms with Gasteiger partial charge < -0.3 is 0 Å². The molecule has 0 radical (unpaired) electrons. The molecule has 17 aliphatic carbocycles. The van der Waals surface area contributed by atoms with Gasteiger partial charge >= 0.3 is 0 Å². The van der Waals surface area contributed by atoms with E-state index in [1.807, 2.05) is 0 Å². The first kappa shape index (κ1) is 34.4. The standard InChI is InChI=1S/C58H84/c1-28-29(2)34(11)42(19)45(22)37(14)31(5,6)35(12)30(3,4)36(13)38(15)32(7,8)39(16)46(23)40(17)33(9,10)41(18)47(24)48(25)43(34,20)54(42)52(45,44(35,37)21)50(27)55(48,54)58(47)53(40,41)57(46)51(38,39)49(36,26)56(50,57)58/h29H,28H2,1-27H3. The van der Waals surface area contributed by atoms with Crippen molar-refractivity contribution in [1.29, 1.82) is 0 Å². The highest BCUT2D eigenvalue weighted by Crippen LogP contribution is 3.55. The van der Waals surface area contributed by atoms with E-state index in [9.17, 15) is 0 Å². The summed E-state index contributed by atoms with van der Waals surface area (Å²) in [5, 5.41) is 0. The van der Waals surface area contributed by atoms with Gasteiger partial charge in [-0.2, -0.15) is 0 Å². The van der Waals surface area contributed by atoms with Crippen molar-refractivity contribution in [3.8, 4) is 0 Å². The quantitative estimate of drug-likeness (QED) is 0.262. The third-order valence-electron chi connectivity index (χ3n) is 41.2. The maximum atomic E-state index is 3.23. The molecule has 0 nitrogen and oxygen atoms in total. The van der Waals surface area contributed by atoms with Gasteiger partial charge in [0.15, 0.2) is 0 Å². The Labute approximate surface area is 354 Å². The van der Waals surface area contributed by atoms with Crippen molar-refractivity contribution < 1.29 is 0 Å². The van der Waals surface area contributed by atoms with Crippen LogP contribution in [0.15, 0.2) is 0 Å². The third-order valence-corrected chi connectivity index (χ3v) is 41.2. The first-order valence-corrected chi connectivity index (χ1v) is 25.7. The lowest BCUT2D eigenvalue weighted by molar-refractivity contribution is -1.07. The fourth-order valence-electron chi connectivity index (χ4n) is 43.3. The molecule has 0 amide bonds. The number of hydrogen-bond acceptors (Lipinski definition) is 0. The zero-order valence-electron chi connectivity index (χ0n) is 42.8. The van der Waals surface area contributed by atoms with E-state index < -0.39 is 0 Å². The summed E-state index contributed by atoms with van der Waals surface area (Å²) in [5.74, 6) is 0.735. The smallest absolute Gasteiger partial charge is 0.00113 e. The van der Waals surface area contributed by atoms with E-state index in [4.69, 9.17) is 0 Å². The molecule has 58 heavy (non-hydrogen) atoms. The van der Waals surface area contributed by atoms with Crippen LogP contribution < -0.4 is 0 Å². The molecule has 8 spiro atoms. The van der Waals surface area contributed by atoms with Crippen molar-refractivity contribution in [1.82, 2.24) is 0 Å². The second-order valence-corrected chi connectivity index (χ2v) is 33.0. The van der Waals surface area contributed by atoms with Gasteiger partial charge in [-0.05, 0) is 163 Å². The zero-order valence-corrected chi connectivity index (χ0v) is 42.8. The fourth-order valence-corrected chi connectivity index (χ4v) is 43.3. The normalized spacial score (nSPS) is 91.9. The van der Waals surface area contributed by atoms with E-state index in [2.05, 4.69) is 187 Å². The van der Waals surface area contributed by atoms with Gasteiger partial charge in [0.25, 0.3) is 0 Å². The van der Waals surface area contributed by atoms with Crippen LogP contribution in [0.4, 0.5) is 0 Å². The first-order chi connectivity index (χ1) is 25.7. The first-order valence-electron chi connectivity index (χ1n) is 25.7. The Hall–Kier alpha value is 0. The van der Waals surface area contributed by atoms with Gasteiger partial charge in [-0.1, -0.05) is 193 Å². The second kappa shape index (κ2) is 5.64. The van der Waals surface area contributed by atoms with Crippen molar-refractivity contribution in [3.63, 3.8) is 0 Å². The Morgan fingerprint density at radius 3 is 0.914 bits per heavy atom. The van der Waals surface area contributed by atoms with Crippen LogP contribution in [0.3, 0.4) is 0 Å². The van der Waals surface area contributed by atoms with E-state index in [0.29, 0.717) is 130 Å². The molecule has 26 atom stereocenters. The van der Waals surface area contributed by atoms with Crippen LogP contribution in [0.5, 0.6) is 0 Å². The second-order valence-electron chi connectivity index (χ2n) is 33.0. The van der Waals surface area contributed by atoms with Crippen LogP contribution in [0.1, 0.15) is 193 Å². The summed E-state index contributed by atoms with van der Waals surface area (Å²) in [6.07, 6.45) is 1.33. The zero-order chi connectivity index (χ0) is 42.8. The Balaban J connectivity index is 1.14. The van der Waals surface area contributed by atoms with Crippen LogP contribution in [0.2, 0.25) is 0 Å². The van der Waals surface area contributed by atoms with Crippen LogP contribution in [0, 0.1) is 163 Å². The summed E-state index contributed by atoms with van der Waals surface area (Å²) < 4.78 is 0. The molecule has 0 bridgehead atoms. The molecule has 0 aromatic carbocycles. The lowest BCUT2D eigenvalue weighted by Crippen LogP contribution is -3.50. The molecule has 26 unspecified atom stereocenters. The monoisotopic (exact) mass is 781 g/mol. The maximum absolute atomic E-state index is 3.23.